The topological polar surface area (TPSA) is 51.6 Å². The molecular formula is C44H26N4S2. The van der Waals surface area contributed by atoms with Crippen molar-refractivity contribution in [2.24, 2.45) is 0 Å². The molecule has 10 aromatic rings. The first kappa shape index (κ1) is 28.9. The fourth-order valence-electron chi connectivity index (χ4n) is 6.71. The highest BCUT2D eigenvalue weighted by Crippen LogP contribution is 2.43. The predicted molar refractivity (Wildman–Crippen MR) is 211 cm³/mol. The minimum absolute atomic E-state index is 0.704. The van der Waals surface area contributed by atoms with Crippen molar-refractivity contribution in [2.75, 3.05) is 0 Å². The summed E-state index contributed by atoms with van der Waals surface area (Å²) in [5.74, 6) is 1.44. The van der Waals surface area contributed by atoms with Crippen LogP contribution in [0.25, 0.3) is 97.0 Å². The number of hydrogen-bond donors (Lipinski definition) is 0. The van der Waals surface area contributed by atoms with Crippen LogP contribution < -0.4 is 0 Å². The van der Waals surface area contributed by atoms with E-state index in [1.165, 1.54) is 24.9 Å². The highest BCUT2D eigenvalue weighted by atomic mass is 32.1. The largest absolute Gasteiger partial charge is 0.228 e. The second-order valence-corrected chi connectivity index (χ2v) is 14.3. The second-order valence-electron chi connectivity index (χ2n) is 12.2. The van der Waals surface area contributed by atoms with Crippen LogP contribution in [-0.2, 0) is 0 Å². The Labute approximate surface area is 296 Å². The van der Waals surface area contributed by atoms with E-state index in [2.05, 4.69) is 115 Å². The molecular weight excluding hydrogens is 649 g/mol. The van der Waals surface area contributed by atoms with Gasteiger partial charge in [0.2, 0.25) is 0 Å². The van der Waals surface area contributed by atoms with Gasteiger partial charge in [0.15, 0.2) is 11.6 Å². The van der Waals surface area contributed by atoms with Crippen LogP contribution >= 0.6 is 22.7 Å². The normalized spacial score (nSPS) is 11.6. The first-order chi connectivity index (χ1) is 24.8. The molecule has 0 atom stereocenters. The molecule has 6 aromatic carbocycles. The minimum Gasteiger partial charge on any atom is -0.228 e. The third-order valence-electron chi connectivity index (χ3n) is 9.13. The quantitative estimate of drug-likeness (QED) is 0.182. The highest BCUT2D eigenvalue weighted by Gasteiger charge is 2.19. The maximum atomic E-state index is 5.29. The van der Waals surface area contributed by atoms with Gasteiger partial charge in [0, 0.05) is 58.1 Å². The average Bonchev–Trinajstić information content (AvgIpc) is 3.76. The van der Waals surface area contributed by atoms with Gasteiger partial charge >= 0.3 is 0 Å². The van der Waals surface area contributed by atoms with Crippen molar-refractivity contribution in [1.29, 1.82) is 0 Å². The van der Waals surface area contributed by atoms with Crippen molar-refractivity contribution in [3.63, 3.8) is 0 Å². The summed E-state index contributed by atoms with van der Waals surface area (Å²) in [6, 6.07) is 54.7. The maximum Gasteiger partial charge on any atom is 0.161 e. The molecule has 6 heteroatoms. The minimum atomic E-state index is 0.704. The third kappa shape index (κ3) is 4.88. The van der Waals surface area contributed by atoms with Crippen LogP contribution in [0.1, 0.15) is 0 Å². The Kier molecular flexibility index (Phi) is 6.82. The molecule has 50 heavy (non-hydrogen) atoms. The Balaban J connectivity index is 1.15. The molecule has 0 aliphatic rings. The molecule has 4 aromatic heterocycles. The Morgan fingerprint density at radius 3 is 1.70 bits per heavy atom. The van der Waals surface area contributed by atoms with Crippen LogP contribution in [0, 0.1) is 0 Å². The zero-order valence-corrected chi connectivity index (χ0v) is 28.2. The zero-order valence-electron chi connectivity index (χ0n) is 26.6. The number of aromatic nitrogens is 4. The molecule has 0 spiro atoms. The van der Waals surface area contributed by atoms with Gasteiger partial charge < -0.3 is 0 Å². The Morgan fingerprint density at radius 1 is 0.360 bits per heavy atom. The molecule has 4 nitrogen and oxygen atoms in total. The van der Waals surface area contributed by atoms with Crippen LogP contribution in [-0.4, -0.2) is 19.9 Å². The van der Waals surface area contributed by atoms with E-state index in [0.717, 1.165) is 66.3 Å². The number of fused-ring (bicyclic) bond motifs is 6. The molecule has 4 heterocycles. The monoisotopic (exact) mass is 674 g/mol. The predicted octanol–water partition coefficient (Wildman–Crippen LogP) is 12.3. The van der Waals surface area contributed by atoms with E-state index >= 15 is 0 Å². The number of rotatable bonds is 5. The summed E-state index contributed by atoms with van der Waals surface area (Å²) in [4.78, 5) is 20.7. The van der Waals surface area contributed by atoms with Crippen molar-refractivity contribution in [1.82, 2.24) is 19.9 Å². The van der Waals surface area contributed by atoms with Crippen molar-refractivity contribution < 1.29 is 0 Å². The van der Waals surface area contributed by atoms with Gasteiger partial charge in [-0.3, -0.25) is 0 Å². The molecule has 0 amide bonds. The van der Waals surface area contributed by atoms with Gasteiger partial charge in [0.1, 0.15) is 0 Å². The van der Waals surface area contributed by atoms with Crippen molar-refractivity contribution in [3.05, 3.63) is 158 Å². The van der Waals surface area contributed by atoms with Gasteiger partial charge in [-0.1, -0.05) is 133 Å². The van der Waals surface area contributed by atoms with Gasteiger partial charge in [0.25, 0.3) is 0 Å². The summed E-state index contributed by atoms with van der Waals surface area (Å²) in [5.41, 5.74) is 9.00. The van der Waals surface area contributed by atoms with Crippen molar-refractivity contribution in [2.45, 2.75) is 0 Å². The lowest BCUT2D eigenvalue weighted by molar-refractivity contribution is 1.18. The maximum absolute atomic E-state index is 5.29. The van der Waals surface area contributed by atoms with Crippen molar-refractivity contribution >= 4 is 63.1 Å². The molecule has 0 aliphatic carbocycles. The van der Waals surface area contributed by atoms with E-state index in [9.17, 15) is 0 Å². The summed E-state index contributed by atoms with van der Waals surface area (Å²) in [5, 5.41) is 3.55. The molecule has 0 saturated heterocycles. The summed E-state index contributed by atoms with van der Waals surface area (Å²) < 4.78 is 4.67. The Morgan fingerprint density at radius 2 is 0.980 bits per heavy atom. The summed E-state index contributed by atoms with van der Waals surface area (Å²) >= 11 is 3.53. The Bertz CT molecular complexity index is 2800. The van der Waals surface area contributed by atoms with E-state index < -0.39 is 0 Å². The summed E-state index contributed by atoms with van der Waals surface area (Å²) in [6.45, 7) is 0. The van der Waals surface area contributed by atoms with E-state index in [1.54, 1.807) is 22.7 Å². The first-order valence-electron chi connectivity index (χ1n) is 16.5. The van der Waals surface area contributed by atoms with E-state index in [4.69, 9.17) is 19.9 Å². The number of benzene rings is 6. The number of thiophene rings is 2. The van der Waals surface area contributed by atoms with E-state index in [1.807, 2.05) is 42.5 Å². The Hall–Kier alpha value is -6.08. The lowest BCUT2D eigenvalue weighted by Crippen LogP contribution is -1.95. The van der Waals surface area contributed by atoms with E-state index in [0.29, 0.717) is 5.82 Å². The second kappa shape index (κ2) is 11.8. The molecule has 234 valence electrons. The fourth-order valence-corrected chi connectivity index (χ4v) is 9.11. The van der Waals surface area contributed by atoms with Crippen LogP contribution in [0.2, 0.25) is 0 Å². The molecule has 0 N–H and O–H groups in total. The van der Waals surface area contributed by atoms with Crippen LogP contribution in [0.15, 0.2) is 158 Å². The smallest absolute Gasteiger partial charge is 0.161 e. The SMILES string of the molecule is c1ccc(-c2cc(-c3ccccc3)nc(-c3ccc4c(c3)sc3c(-c5nc(-c6ccccc6)c6sc7ccccc7c6n5)cccc34)n2)cc1. The average molecular weight is 675 g/mol. The molecule has 0 unspecified atom stereocenters. The zero-order chi connectivity index (χ0) is 33.0. The first-order valence-corrected chi connectivity index (χ1v) is 18.1. The lowest BCUT2D eigenvalue weighted by atomic mass is 10.0. The van der Waals surface area contributed by atoms with Gasteiger partial charge in [-0.15, -0.1) is 22.7 Å². The standard InChI is InChI=1S/C44H26N4S2/c1-4-13-27(14-5-1)35-26-36(28-15-6-2-7-16-28)46-43(45-35)30-23-24-31-32-20-12-21-34(41(32)50-38(31)25-30)44-47-39(29-17-8-3-9-18-29)42-40(48-44)33-19-10-11-22-37(33)49-42/h1-26H. The fraction of sp³-hybridized carbons (Fsp3) is 0. The molecule has 0 aliphatic heterocycles. The lowest BCUT2D eigenvalue weighted by Gasteiger charge is -2.09. The highest BCUT2D eigenvalue weighted by molar-refractivity contribution is 7.26. The van der Waals surface area contributed by atoms with Gasteiger partial charge in [-0.25, -0.2) is 19.9 Å². The van der Waals surface area contributed by atoms with Crippen LogP contribution in [0.3, 0.4) is 0 Å². The van der Waals surface area contributed by atoms with Crippen molar-refractivity contribution in [3.8, 4) is 56.5 Å². The molecule has 0 saturated carbocycles. The van der Waals surface area contributed by atoms with Crippen LogP contribution in [0.5, 0.6) is 0 Å². The van der Waals surface area contributed by atoms with Crippen LogP contribution in [0.4, 0.5) is 0 Å². The number of hydrogen-bond acceptors (Lipinski definition) is 6. The molecule has 0 fully saturated rings. The summed E-state index contributed by atoms with van der Waals surface area (Å²) in [7, 11) is 0. The number of nitrogens with zero attached hydrogens (tertiary/aromatic N) is 4. The molecule has 0 radical (unpaired) electrons. The van der Waals surface area contributed by atoms with Gasteiger partial charge in [-0.2, -0.15) is 0 Å². The third-order valence-corrected chi connectivity index (χ3v) is 11.5. The van der Waals surface area contributed by atoms with Gasteiger partial charge in [0.05, 0.1) is 27.3 Å². The molecule has 0 bridgehead atoms. The molecule has 10 rings (SSSR count). The van der Waals surface area contributed by atoms with E-state index in [-0.39, 0.29) is 0 Å². The van der Waals surface area contributed by atoms with Gasteiger partial charge in [-0.05, 0) is 24.3 Å². The summed E-state index contributed by atoms with van der Waals surface area (Å²) in [6.07, 6.45) is 0.